The predicted octanol–water partition coefficient (Wildman–Crippen LogP) is 1.34. The van der Waals surface area contributed by atoms with Crippen LogP contribution in [0.25, 0.3) is 0 Å². The molecule has 1 aromatic carbocycles. The zero-order chi connectivity index (χ0) is 12.3. The predicted molar refractivity (Wildman–Crippen MR) is 69.1 cm³/mol. The maximum Gasteiger partial charge on any atom is 0.248 e. The third-order valence-corrected chi connectivity index (χ3v) is 3.16. The molecule has 2 atom stereocenters. The number of piperidine rings is 1. The summed E-state index contributed by atoms with van der Waals surface area (Å²) in [7, 11) is 0. The Morgan fingerprint density at radius 3 is 2.71 bits per heavy atom. The molecule has 1 aromatic rings. The van der Waals surface area contributed by atoms with Gasteiger partial charge in [-0.3, -0.25) is 4.79 Å². The normalized spacial score (nSPS) is 24.3. The first-order chi connectivity index (χ1) is 8.15. The standard InChI is InChI=1S/C13H19N3O/c1-9-8-12(6-7-15-9)16-11-4-2-10(3-5-11)13(14)17/h2-5,9,12,15-16H,6-8H2,1H3,(H2,14,17). The summed E-state index contributed by atoms with van der Waals surface area (Å²) in [4.78, 5) is 10.9. The van der Waals surface area contributed by atoms with Gasteiger partial charge in [0, 0.05) is 23.3 Å². The van der Waals surface area contributed by atoms with Crippen LogP contribution >= 0.6 is 0 Å². The van der Waals surface area contributed by atoms with Gasteiger partial charge < -0.3 is 16.4 Å². The highest BCUT2D eigenvalue weighted by Gasteiger charge is 2.17. The first kappa shape index (κ1) is 11.9. The Bertz CT molecular complexity index is 388. The molecule has 0 bridgehead atoms. The van der Waals surface area contributed by atoms with Gasteiger partial charge in [0.1, 0.15) is 0 Å². The summed E-state index contributed by atoms with van der Waals surface area (Å²) in [5.41, 5.74) is 6.80. The lowest BCUT2D eigenvalue weighted by Crippen LogP contribution is -2.41. The molecule has 1 saturated heterocycles. The van der Waals surface area contributed by atoms with Crippen molar-refractivity contribution in [3.8, 4) is 0 Å². The molecule has 0 saturated carbocycles. The van der Waals surface area contributed by atoms with Gasteiger partial charge in [-0.15, -0.1) is 0 Å². The molecule has 1 aliphatic rings. The van der Waals surface area contributed by atoms with Gasteiger partial charge in [-0.1, -0.05) is 0 Å². The van der Waals surface area contributed by atoms with Crippen LogP contribution in [0.3, 0.4) is 0 Å². The van der Waals surface area contributed by atoms with Crippen LogP contribution in [0.1, 0.15) is 30.1 Å². The lowest BCUT2D eigenvalue weighted by Gasteiger charge is -2.29. The van der Waals surface area contributed by atoms with Crippen LogP contribution in [-0.4, -0.2) is 24.5 Å². The summed E-state index contributed by atoms with van der Waals surface area (Å²) in [6.45, 7) is 3.25. The van der Waals surface area contributed by atoms with E-state index in [-0.39, 0.29) is 5.91 Å². The van der Waals surface area contributed by atoms with Crippen LogP contribution in [0.2, 0.25) is 0 Å². The molecular weight excluding hydrogens is 214 g/mol. The number of carbonyl (C=O) groups excluding carboxylic acids is 1. The van der Waals surface area contributed by atoms with Gasteiger partial charge in [-0.25, -0.2) is 0 Å². The Morgan fingerprint density at radius 1 is 1.41 bits per heavy atom. The largest absolute Gasteiger partial charge is 0.382 e. The Labute approximate surface area is 102 Å². The van der Waals surface area contributed by atoms with Crippen molar-refractivity contribution in [2.75, 3.05) is 11.9 Å². The molecule has 4 nitrogen and oxygen atoms in total. The maximum atomic E-state index is 10.9. The summed E-state index contributed by atoms with van der Waals surface area (Å²) in [5.74, 6) is -0.382. The molecule has 0 radical (unpaired) electrons. The van der Waals surface area contributed by atoms with Crippen molar-refractivity contribution in [1.82, 2.24) is 5.32 Å². The molecule has 1 aliphatic heterocycles. The van der Waals surface area contributed by atoms with Crippen LogP contribution in [0.5, 0.6) is 0 Å². The molecular formula is C13H19N3O. The van der Waals surface area contributed by atoms with Crippen molar-refractivity contribution < 1.29 is 4.79 Å². The second-order valence-corrected chi connectivity index (χ2v) is 4.66. The molecule has 1 heterocycles. The van der Waals surface area contributed by atoms with Gasteiger partial charge in [-0.2, -0.15) is 0 Å². The highest BCUT2D eigenvalue weighted by atomic mass is 16.1. The number of hydrogen-bond donors (Lipinski definition) is 3. The molecule has 0 aliphatic carbocycles. The van der Waals surface area contributed by atoms with Gasteiger partial charge in [0.15, 0.2) is 0 Å². The van der Waals surface area contributed by atoms with E-state index in [1.54, 1.807) is 12.1 Å². The Balaban J connectivity index is 1.96. The Hall–Kier alpha value is -1.55. The van der Waals surface area contributed by atoms with E-state index in [1.807, 2.05) is 12.1 Å². The number of benzene rings is 1. The minimum atomic E-state index is -0.382. The topological polar surface area (TPSA) is 67.1 Å². The smallest absolute Gasteiger partial charge is 0.248 e. The first-order valence-corrected chi connectivity index (χ1v) is 6.05. The fourth-order valence-corrected chi connectivity index (χ4v) is 2.23. The number of nitrogens with two attached hydrogens (primary N) is 1. The average molecular weight is 233 g/mol. The van der Waals surface area contributed by atoms with Gasteiger partial charge in [0.05, 0.1) is 0 Å². The van der Waals surface area contributed by atoms with Crippen LogP contribution in [0.4, 0.5) is 5.69 Å². The summed E-state index contributed by atoms with van der Waals surface area (Å²) >= 11 is 0. The van der Waals surface area contributed by atoms with Crippen LogP contribution in [-0.2, 0) is 0 Å². The molecule has 0 spiro atoms. The Morgan fingerprint density at radius 2 is 2.12 bits per heavy atom. The number of primary amides is 1. The summed E-state index contributed by atoms with van der Waals surface area (Å²) < 4.78 is 0. The first-order valence-electron chi connectivity index (χ1n) is 6.05. The lowest BCUT2D eigenvalue weighted by molar-refractivity contribution is 0.100. The minimum absolute atomic E-state index is 0.382. The molecule has 0 aromatic heterocycles. The van der Waals surface area contributed by atoms with Crippen molar-refractivity contribution in [2.45, 2.75) is 31.8 Å². The zero-order valence-corrected chi connectivity index (χ0v) is 10.1. The van der Waals surface area contributed by atoms with E-state index in [9.17, 15) is 4.79 Å². The molecule has 2 rings (SSSR count). The molecule has 1 amide bonds. The molecule has 17 heavy (non-hydrogen) atoms. The van der Waals surface area contributed by atoms with E-state index in [0.717, 1.165) is 25.1 Å². The van der Waals surface area contributed by atoms with Gasteiger partial charge >= 0.3 is 0 Å². The number of amides is 1. The fourth-order valence-electron chi connectivity index (χ4n) is 2.23. The fraction of sp³-hybridized carbons (Fsp3) is 0.462. The van der Waals surface area contributed by atoms with Gasteiger partial charge in [0.25, 0.3) is 0 Å². The van der Waals surface area contributed by atoms with Gasteiger partial charge in [0.2, 0.25) is 5.91 Å². The summed E-state index contributed by atoms with van der Waals surface area (Å²) in [6, 6.07) is 8.40. The van der Waals surface area contributed by atoms with Crippen LogP contribution in [0, 0.1) is 0 Å². The van der Waals surface area contributed by atoms with E-state index < -0.39 is 0 Å². The summed E-state index contributed by atoms with van der Waals surface area (Å²) in [5, 5.41) is 6.91. The second-order valence-electron chi connectivity index (χ2n) is 4.66. The lowest BCUT2D eigenvalue weighted by atomic mass is 10.0. The van der Waals surface area contributed by atoms with E-state index in [1.165, 1.54) is 0 Å². The van der Waals surface area contributed by atoms with E-state index in [2.05, 4.69) is 17.6 Å². The highest BCUT2D eigenvalue weighted by Crippen LogP contribution is 2.16. The molecule has 2 unspecified atom stereocenters. The van der Waals surface area contributed by atoms with Gasteiger partial charge in [-0.05, 0) is 50.6 Å². The number of nitrogens with one attached hydrogen (secondary N) is 2. The maximum absolute atomic E-state index is 10.9. The van der Waals surface area contributed by atoms with E-state index >= 15 is 0 Å². The number of anilines is 1. The average Bonchev–Trinajstić information content (AvgIpc) is 2.29. The number of hydrogen-bond acceptors (Lipinski definition) is 3. The van der Waals surface area contributed by atoms with Crippen LogP contribution in [0.15, 0.2) is 24.3 Å². The third kappa shape index (κ3) is 3.20. The quantitative estimate of drug-likeness (QED) is 0.738. The SMILES string of the molecule is CC1CC(Nc2ccc(C(N)=O)cc2)CCN1. The monoisotopic (exact) mass is 233 g/mol. The molecule has 4 heteroatoms. The highest BCUT2D eigenvalue weighted by molar-refractivity contribution is 5.93. The Kier molecular flexibility index (Phi) is 3.64. The third-order valence-electron chi connectivity index (χ3n) is 3.16. The minimum Gasteiger partial charge on any atom is -0.382 e. The van der Waals surface area contributed by atoms with E-state index in [4.69, 9.17) is 5.73 Å². The second kappa shape index (κ2) is 5.19. The van der Waals surface area contributed by atoms with Crippen molar-refractivity contribution in [2.24, 2.45) is 5.73 Å². The van der Waals surface area contributed by atoms with E-state index in [0.29, 0.717) is 17.6 Å². The zero-order valence-electron chi connectivity index (χ0n) is 10.1. The molecule has 4 N–H and O–H groups in total. The number of carbonyl (C=O) groups is 1. The van der Waals surface area contributed by atoms with Crippen molar-refractivity contribution in [3.63, 3.8) is 0 Å². The number of rotatable bonds is 3. The van der Waals surface area contributed by atoms with Crippen molar-refractivity contribution in [1.29, 1.82) is 0 Å². The van der Waals surface area contributed by atoms with Crippen LogP contribution < -0.4 is 16.4 Å². The van der Waals surface area contributed by atoms with Crippen molar-refractivity contribution in [3.05, 3.63) is 29.8 Å². The summed E-state index contributed by atoms with van der Waals surface area (Å²) in [6.07, 6.45) is 2.25. The molecule has 92 valence electrons. The molecule has 1 fully saturated rings. The van der Waals surface area contributed by atoms with Crippen molar-refractivity contribution >= 4 is 11.6 Å².